The highest BCUT2D eigenvalue weighted by Crippen LogP contribution is 2.14. The van der Waals surface area contributed by atoms with Crippen molar-refractivity contribution in [3.05, 3.63) is 0 Å². The first-order chi connectivity index (χ1) is 9.88. The number of ether oxygens (including phenoxy) is 2. The minimum absolute atomic E-state index is 0.191. The highest BCUT2D eigenvalue weighted by Gasteiger charge is 2.24. The molecular weight excluding hydrogens is 272 g/mol. The Labute approximate surface area is 128 Å². The van der Waals surface area contributed by atoms with Gasteiger partial charge in [-0.05, 0) is 27.2 Å². The van der Waals surface area contributed by atoms with Crippen molar-refractivity contribution in [3.8, 4) is 0 Å². The molecule has 0 aromatic carbocycles. The first-order valence-electron chi connectivity index (χ1n) is 7.84. The second kappa shape index (κ2) is 8.56. The van der Waals surface area contributed by atoms with E-state index in [-0.39, 0.29) is 11.7 Å². The standard InChI is InChI=1S/C15H30N2O4/c1-5-15(3,4)21-12-13(18)11-16-7-9-17(10-8-16)14(19)20-6-2/h13,18H,5-12H2,1-4H3/t13-/m0/s1. The Balaban J connectivity index is 2.24. The van der Waals surface area contributed by atoms with Gasteiger partial charge in [-0.3, -0.25) is 4.90 Å². The Morgan fingerprint density at radius 3 is 2.38 bits per heavy atom. The van der Waals surface area contributed by atoms with Crippen LogP contribution in [0.25, 0.3) is 0 Å². The molecule has 1 amide bonds. The van der Waals surface area contributed by atoms with Gasteiger partial charge in [0.2, 0.25) is 0 Å². The van der Waals surface area contributed by atoms with Crippen molar-refractivity contribution in [2.45, 2.75) is 45.8 Å². The van der Waals surface area contributed by atoms with Crippen LogP contribution in [0.1, 0.15) is 34.1 Å². The van der Waals surface area contributed by atoms with E-state index < -0.39 is 6.10 Å². The van der Waals surface area contributed by atoms with Crippen molar-refractivity contribution in [1.29, 1.82) is 0 Å². The number of carbonyl (C=O) groups excluding carboxylic acids is 1. The zero-order chi connectivity index (χ0) is 15.9. The van der Waals surface area contributed by atoms with Crippen molar-refractivity contribution in [2.75, 3.05) is 45.9 Å². The molecule has 0 spiro atoms. The summed E-state index contributed by atoms with van der Waals surface area (Å²) in [6, 6.07) is 0. The molecule has 1 atom stereocenters. The number of hydrogen-bond acceptors (Lipinski definition) is 5. The molecule has 1 aliphatic rings. The molecule has 0 radical (unpaired) electrons. The average molecular weight is 302 g/mol. The molecule has 124 valence electrons. The van der Waals surface area contributed by atoms with Crippen molar-refractivity contribution in [2.24, 2.45) is 0 Å². The summed E-state index contributed by atoms with van der Waals surface area (Å²) in [4.78, 5) is 15.5. The predicted octanol–water partition coefficient (Wildman–Crippen LogP) is 1.33. The number of β-amino-alcohol motifs (C(OH)–C–C–N with tert-alkyl or cyclic N) is 1. The Morgan fingerprint density at radius 2 is 1.86 bits per heavy atom. The van der Waals surface area contributed by atoms with E-state index in [0.29, 0.717) is 32.8 Å². The summed E-state index contributed by atoms with van der Waals surface area (Å²) in [7, 11) is 0. The van der Waals surface area contributed by atoms with E-state index in [2.05, 4.69) is 11.8 Å². The molecular formula is C15H30N2O4. The maximum absolute atomic E-state index is 11.6. The topological polar surface area (TPSA) is 62.2 Å². The Morgan fingerprint density at radius 1 is 1.24 bits per heavy atom. The summed E-state index contributed by atoms with van der Waals surface area (Å²) >= 11 is 0. The second-order valence-corrected chi connectivity index (χ2v) is 6.06. The number of hydrogen-bond donors (Lipinski definition) is 1. The van der Waals surface area contributed by atoms with Gasteiger partial charge in [0.05, 0.1) is 24.9 Å². The summed E-state index contributed by atoms with van der Waals surface area (Å²) in [5.74, 6) is 0. The van der Waals surface area contributed by atoms with Gasteiger partial charge in [-0.15, -0.1) is 0 Å². The van der Waals surface area contributed by atoms with Crippen molar-refractivity contribution in [1.82, 2.24) is 9.80 Å². The number of piperazine rings is 1. The normalized spacial score (nSPS) is 18.6. The molecule has 21 heavy (non-hydrogen) atoms. The first kappa shape index (κ1) is 18.2. The maximum Gasteiger partial charge on any atom is 0.409 e. The van der Waals surface area contributed by atoms with E-state index in [9.17, 15) is 9.90 Å². The van der Waals surface area contributed by atoms with Crippen LogP contribution in [0.5, 0.6) is 0 Å². The lowest BCUT2D eigenvalue weighted by atomic mass is 10.1. The fraction of sp³-hybridized carbons (Fsp3) is 0.933. The number of aliphatic hydroxyl groups excluding tert-OH is 1. The minimum Gasteiger partial charge on any atom is -0.450 e. The molecule has 0 saturated carbocycles. The van der Waals surface area contributed by atoms with E-state index in [0.717, 1.165) is 19.5 Å². The molecule has 1 aliphatic heterocycles. The van der Waals surface area contributed by atoms with Crippen molar-refractivity contribution >= 4 is 6.09 Å². The van der Waals surface area contributed by atoms with E-state index in [1.54, 1.807) is 4.90 Å². The van der Waals surface area contributed by atoms with Crippen LogP contribution in [0.2, 0.25) is 0 Å². The molecule has 1 rings (SSSR count). The van der Waals surface area contributed by atoms with E-state index in [1.165, 1.54) is 0 Å². The van der Waals surface area contributed by atoms with Gasteiger partial charge in [0, 0.05) is 32.7 Å². The molecule has 6 nitrogen and oxygen atoms in total. The number of amides is 1. The molecule has 1 heterocycles. The quantitative estimate of drug-likeness (QED) is 0.768. The smallest absolute Gasteiger partial charge is 0.409 e. The van der Waals surface area contributed by atoms with Crippen LogP contribution >= 0.6 is 0 Å². The van der Waals surface area contributed by atoms with Gasteiger partial charge in [-0.1, -0.05) is 6.92 Å². The molecule has 0 unspecified atom stereocenters. The maximum atomic E-state index is 11.6. The molecule has 6 heteroatoms. The largest absolute Gasteiger partial charge is 0.450 e. The fourth-order valence-corrected chi connectivity index (χ4v) is 2.10. The predicted molar refractivity (Wildman–Crippen MR) is 81.4 cm³/mol. The Kier molecular flexibility index (Phi) is 7.42. The molecule has 1 saturated heterocycles. The van der Waals surface area contributed by atoms with Gasteiger partial charge < -0.3 is 19.5 Å². The van der Waals surface area contributed by atoms with E-state index >= 15 is 0 Å². The Hall–Kier alpha value is -0.850. The summed E-state index contributed by atoms with van der Waals surface area (Å²) in [6.45, 7) is 12.1. The zero-order valence-electron chi connectivity index (χ0n) is 13.8. The summed E-state index contributed by atoms with van der Waals surface area (Å²) in [6.07, 6.45) is 0.175. The van der Waals surface area contributed by atoms with E-state index in [4.69, 9.17) is 9.47 Å². The van der Waals surface area contributed by atoms with Crippen molar-refractivity contribution in [3.63, 3.8) is 0 Å². The van der Waals surface area contributed by atoms with Gasteiger partial charge in [-0.25, -0.2) is 4.79 Å². The fourth-order valence-electron chi connectivity index (χ4n) is 2.10. The first-order valence-corrected chi connectivity index (χ1v) is 7.84. The van der Waals surface area contributed by atoms with Gasteiger partial charge in [0.25, 0.3) is 0 Å². The Bertz CT molecular complexity index is 315. The van der Waals surface area contributed by atoms with Crippen LogP contribution in [0, 0.1) is 0 Å². The third kappa shape index (κ3) is 6.63. The van der Waals surface area contributed by atoms with Crippen LogP contribution in [0.4, 0.5) is 4.79 Å². The summed E-state index contributed by atoms with van der Waals surface area (Å²) < 4.78 is 10.7. The summed E-state index contributed by atoms with van der Waals surface area (Å²) in [5, 5.41) is 10.0. The minimum atomic E-state index is -0.495. The molecule has 0 aromatic rings. The number of aliphatic hydroxyl groups is 1. The monoisotopic (exact) mass is 302 g/mol. The molecule has 0 bridgehead atoms. The van der Waals surface area contributed by atoms with Crippen LogP contribution in [0.15, 0.2) is 0 Å². The SMILES string of the molecule is CCOC(=O)N1CCN(C[C@H](O)COC(C)(C)CC)CC1. The van der Waals surface area contributed by atoms with Gasteiger partial charge >= 0.3 is 6.09 Å². The zero-order valence-corrected chi connectivity index (χ0v) is 13.8. The van der Waals surface area contributed by atoms with Crippen LogP contribution < -0.4 is 0 Å². The van der Waals surface area contributed by atoms with Crippen molar-refractivity contribution < 1.29 is 19.4 Å². The summed E-state index contributed by atoms with van der Waals surface area (Å²) in [5.41, 5.74) is -0.191. The van der Waals surface area contributed by atoms with Crippen LogP contribution in [-0.2, 0) is 9.47 Å². The number of carbonyl (C=O) groups is 1. The molecule has 0 aromatic heterocycles. The van der Waals surface area contributed by atoms with Crippen LogP contribution in [-0.4, -0.2) is 78.6 Å². The molecule has 0 aliphatic carbocycles. The van der Waals surface area contributed by atoms with Gasteiger partial charge in [0.1, 0.15) is 0 Å². The number of rotatable bonds is 7. The van der Waals surface area contributed by atoms with E-state index in [1.807, 2.05) is 20.8 Å². The lowest BCUT2D eigenvalue weighted by Crippen LogP contribution is -2.51. The molecule has 1 N–H and O–H groups in total. The van der Waals surface area contributed by atoms with Gasteiger partial charge in [-0.2, -0.15) is 0 Å². The van der Waals surface area contributed by atoms with Crippen LogP contribution in [0.3, 0.4) is 0 Å². The third-order valence-electron chi connectivity index (χ3n) is 3.89. The lowest BCUT2D eigenvalue weighted by Gasteiger charge is -2.35. The third-order valence-corrected chi connectivity index (χ3v) is 3.89. The second-order valence-electron chi connectivity index (χ2n) is 6.06. The highest BCUT2D eigenvalue weighted by atomic mass is 16.6. The average Bonchev–Trinajstić information content (AvgIpc) is 2.46. The highest BCUT2D eigenvalue weighted by molar-refractivity contribution is 5.67. The molecule has 1 fully saturated rings. The lowest BCUT2D eigenvalue weighted by molar-refractivity contribution is -0.0690. The van der Waals surface area contributed by atoms with Gasteiger partial charge in [0.15, 0.2) is 0 Å². The number of nitrogens with zero attached hydrogens (tertiary/aromatic N) is 2.